The molecule has 0 aliphatic rings. The Bertz CT molecular complexity index is 1170. The average molecular weight is 588 g/mol. The summed E-state index contributed by atoms with van der Waals surface area (Å²) < 4.78 is 25.2. The molecule has 0 fully saturated rings. The Morgan fingerprint density at radius 3 is 1.41 bits per heavy atom. The van der Waals surface area contributed by atoms with Crippen LogP contribution in [-0.4, -0.2) is 40.6 Å². The lowest BCUT2D eigenvalue weighted by molar-refractivity contribution is 0.171. The van der Waals surface area contributed by atoms with Crippen molar-refractivity contribution in [2.45, 2.75) is 12.8 Å². The molecule has 0 radical (unpaired) electrons. The van der Waals surface area contributed by atoms with Crippen LogP contribution < -0.4 is 9.47 Å². The largest absolute Gasteiger partial charge is 0.493 e. The van der Waals surface area contributed by atoms with Gasteiger partial charge in [0, 0.05) is 60.3 Å². The summed E-state index contributed by atoms with van der Waals surface area (Å²) in [6.07, 6.45) is 1.63. The van der Waals surface area contributed by atoms with Crippen LogP contribution >= 0.6 is 31.9 Å². The topological polar surface area (TPSA) is 36.9 Å². The Labute approximate surface area is 217 Å². The smallest absolute Gasteiger partial charge is 0.127 e. The van der Waals surface area contributed by atoms with Crippen LogP contribution in [0.15, 0.2) is 69.6 Å². The SMILES string of the molecule is COCCCOc1ccc2cc(Br)ccc2c1-c1c(OCCCOC)ccc2cc(Br)ccc12. The first-order valence-electron chi connectivity index (χ1n) is 11.3. The highest BCUT2D eigenvalue weighted by Crippen LogP contribution is 2.46. The van der Waals surface area contributed by atoms with Gasteiger partial charge >= 0.3 is 0 Å². The van der Waals surface area contributed by atoms with Crippen molar-refractivity contribution in [2.75, 3.05) is 40.6 Å². The summed E-state index contributed by atoms with van der Waals surface area (Å²) in [6.45, 7) is 2.46. The van der Waals surface area contributed by atoms with E-state index in [4.69, 9.17) is 18.9 Å². The third kappa shape index (κ3) is 5.74. The summed E-state index contributed by atoms with van der Waals surface area (Å²) in [5, 5.41) is 4.50. The van der Waals surface area contributed by atoms with E-state index in [1.54, 1.807) is 14.2 Å². The third-order valence-electron chi connectivity index (χ3n) is 5.64. The molecule has 0 heterocycles. The van der Waals surface area contributed by atoms with Gasteiger partial charge in [-0.2, -0.15) is 0 Å². The molecule has 178 valence electrons. The number of hydrogen-bond acceptors (Lipinski definition) is 4. The first-order chi connectivity index (χ1) is 16.6. The molecule has 6 heteroatoms. The molecular weight excluding hydrogens is 560 g/mol. The van der Waals surface area contributed by atoms with Crippen molar-refractivity contribution in [2.24, 2.45) is 0 Å². The van der Waals surface area contributed by atoms with Gasteiger partial charge < -0.3 is 18.9 Å². The Morgan fingerprint density at radius 2 is 1.00 bits per heavy atom. The van der Waals surface area contributed by atoms with E-state index in [0.29, 0.717) is 26.4 Å². The van der Waals surface area contributed by atoms with Crippen molar-refractivity contribution in [1.29, 1.82) is 0 Å². The predicted octanol–water partition coefficient (Wildman–Crippen LogP) is 8.02. The molecule has 0 amide bonds. The summed E-state index contributed by atoms with van der Waals surface area (Å²) >= 11 is 7.23. The molecule has 34 heavy (non-hydrogen) atoms. The quantitative estimate of drug-likeness (QED) is 0.166. The van der Waals surface area contributed by atoms with Gasteiger partial charge in [-0.1, -0.05) is 56.1 Å². The number of halogens is 2. The molecule has 0 atom stereocenters. The van der Waals surface area contributed by atoms with Crippen LogP contribution in [0.4, 0.5) is 0 Å². The minimum absolute atomic E-state index is 0.573. The number of benzene rings is 4. The first-order valence-corrected chi connectivity index (χ1v) is 12.9. The lowest BCUT2D eigenvalue weighted by Crippen LogP contribution is -2.05. The van der Waals surface area contributed by atoms with E-state index in [-0.39, 0.29) is 0 Å². The van der Waals surface area contributed by atoms with Crippen LogP contribution in [0.5, 0.6) is 11.5 Å². The third-order valence-corrected chi connectivity index (χ3v) is 6.62. The van der Waals surface area contributed by atoms with Crippen molar-refractivity contribution in [3.8, 4) is 22.6 Å². The molecule has 0 N–H and O–H groups in total. The fraction of sp³-hybridized carbons (Fsp3) is 0.286. The highest BCUT2D eigenvalue weighted by Gasteiger charge is 2.19. The van der Waals surface area contributed by atoms with Crippen molar-refractivity contribution >= 4 is 53.4 Å². The van der Waals surface area contributed by atoms with E-state index >= 15 is 0 Å². The Hall–Kier alpha value is -2.12. The lowest BCUT2D eigenvalue weighted by Gasteiger charge is -2.20. The van der Waals surface area contributed by atoms with Crippen LogP contribution in [0.1, 0.15) is 12.8 Å². The monoisotopic (exact) mass is 586 g/mol. The number of fused-ring (bicyclic) bond motifs is 2. The van der Waals surface area contributed by atoms with Crippen LogP contribution in [0.25, 0.3) is 32.7 Å². The lowest BCUT2D eigenvalue weighted by atomic mass is 9.92. The minimum Gasteiger partial charge on any atom is -0.493 e. The van der Waals surface area contributed by atoms with Gasteiger partial charge in [0.2, 0.25) is 0 Å². The van der Waals surface area contributed by atoms with Gasteiger partial charge in [0.1, 0.15) is 11.5 Å². The van der Waals surface area contributed by atoms with Crippen LogP contribution in [0.2, 0.25) is 0 Å². The van der Waals surface area contributed by atoms with E-state index in [0.717, 1.165) is 66.0 Å². The maximum Gasteiger partial charge on any atom is 0.127 e. The van der Waals surface area contributed by atoms with Gasteiger partial charge in [-0.15, -0.1) is 0 Å². The predicted molar refractivity (Wildman–Crippen MR) is 146 cm³/mol. The number of methoxy groups -OCH3 is 2. The molecule has 4 nitrogen and oxygen atoms in total. The van der Waals surface area contributed by atoms with Gasteiger partial charge in [0.15, 0.2) is 0 Å². The maximum atomic E-state index is 6.33. The molecular formula is C28H28Br2O4. The molecule has 0 saturated heterocycles. The summed E-state index contributed by atoms with van der Waals surface area (Å²) in [5.74, 6) is 1.67. The van der Waals surface area contributed by atoms with Gasteiger partial charge in [-0.05, 0) is 57.9 Å². The van der Waals surface area contributed by atoms with E-state index in [1.165, 1.54) is 0 Å². The summed E-state index contributed by atoms with van der Waals surface area (Å²) in [4.78, 5) is 0. The van der Waals surface area contributed by atoms with Crippen molar-refractivity contribution in [3.63, 3.8) is 0 Å². The normalized spacial score (nSPS) is 11.3. The van der Waals surface area contributed by atoms with Crippen molar-refractivity contribution < 1.29 is 18.9 Å². The van der Waals surface area contributed by atoms with E-state index < -0.39 is 0 Å². The molecule has 0 aliphatic carbocycles. The molecule has 0 spiro atoms. The Balaban J connectivity index is 1.92. The van der Waals surface area contributed by atoms with Crippen LogP contribution in [-0.2, 0) is 9.47 Å². The Morgan fingerprint density at radius 1 is 0.559 bits per heavy atom. The van der Waals surface area contributed by atoms with Gasteiger partial charge in [-0.3, -0.25) is 0 Å². The van der Waals surface area contributed by atoms with Crippen LogP contribution in [0.3, 0.4) is 0 Å². The van der Waals surface area contributed by atoms with Crippen LogP contribution in [0, 0.1) is 0 Å². The molecule has 4 rings (SSSR count). The second kappa shape index (κ2) is 12.0. The summed E-state index contributed by atoms with van der Waals surface area (Å²) in [5.41, 5.74) is 2.08. The van der Waals surface area contributed by atoms with E-state index in [2.05, 4.69) is 92.5 Å². The molecule has 0 unspecified atom stereocenters. The number of ether oxygens (including phenoxy) is 4. The second-order valence-electron chi connectivity index (χ2n) is 8.00. The average Bonchev–Trinajstić information content (AvgIpc) is 2.84. The zero-order valence-corrected chi connectivity index (χ0v) is 22.6. The maximum absolute atomic E-state index is 6.33. The zero-order chi connectivity index (χ0) is 23.9. The van der Waals surface area contributed by atoms with E-state index in [9.17, 15) is 0 Å². The highest BCUT2D eigenvalue weighted by molar-refractivity contribution is 9.10. The fourth-order valence-corrected chi connectivity index (χ4v) is 4.85. The Kier molecular flexibility index (Phi) is 8.84. The fourth-order valence-electron chi connectivity index (χ4n) is 4.09. The van der Waals surface area contributed by atoms with Crippen molar-refractivity contribution in [3.05, 3.63) is 69.6 Å². The molecule has 0 bridgehead atoms. The molecule has 0 aromatic heterocycles. The van der Waals surface area contributed by atoms with Gasteiger partial charge in [0.05, 0.1) is 13.2 Å². The number of rotatable bonds is 11. The van der Waals surface area contributed by atoms with Gasteiger partial charge in [0.25, 0.3) is 0 Å². The highest BCUT2D eigenvalue weighted by atomic mass is 79.9. The molecule has 0 saturated carbocycles. The molecule has 4 aromatic rings. The minimum atomic E-state index is 0.573. The zero-order valence-electron chi connectivity index (χ0n) is 19.4. The second-order valence-corrected chi connectivity index (χ2v) is 9.83. The number of hydrogen-bond donors (Lipinski definition) is 0. The molecule has 4 aromatic carbocycles. The summed E-state index contributed by atoms with van der Waals surface area (Å²) in [6, 6.07) is 21.0. The summed E-state index contributed by atoms with van der Waals surface area (Å²) in [7, 11) is 3.42. The van der Waals surface area contributed by atoms with E-state index in [1.807, 2.05) is 0 Å². The van der Waals surface area contributed by atoms with Crippen molar-refractivity contribution in [1.82, 2.24) is 0 Å². The van der Waals surface area contributed by atoms with Gasteiger partial charge in [-0.25, -0.2) is 0 Å². The standard InChI is InChI=1S/C28H28Br2O4/c1-31-13-3-15-33-25-11-5-19-17-21(29)7-9-23(19)27(25)28-24-10-8-22(30)18-20(24)6-12-26(28)34-16-4-14-32-2/h5-12,17-18H,3-4,13-16H2,1-2H3. The molecule has 0 aliphatic heterocycles. The first kappa shape index (κ1) is 25.0.